The van der Waals surface area contributed by atoms with Gasteiger partial charge in [-0.25, -0.2) is 0 Å². The van der Waals surface area contributed by atoms with E-state index in [4.69, 9.17) is 0 Å². The highest BCUT2D eigenvalue weighted by Crippen LogP contribution is 2.16. The van der Waals surface area contributed by atoms with Gasteiger partial charge in [-0.1, -0.05) is 18.2 Å². The van der Waals surface area contributed by atoms with Crippen LogP contribution in [0, 0.1) is 0 Å². The van der Waals surface area contributed by atoms with E-state index in [0.717, 1.165) is 13.1 Å². The highest BCUT2D eigenvalue weighted by Gasteiger charge is 1.98. The molecule has 0 aliphatic heterocycles. The maximum atomic E-state index is 3.17. The molecule has 0 fully saturated rings. The van der Waals surface area contributed by atoms with Crippen molar-refractivity contribution in [2.24, 2.45) is 0 Å². The molecule has 0 bridgehead atoms. The molecule has 0 atom stereocenters. The summed E-state index contributed by atoms with van der Waals surface area (Å²) in [6, 6.07) is 10.6. The summed E-state index contributed by atoms with van der Waals surface area (Å²) >= 11 is 1.93. The van der Waals surface area contributed by atoms with Gasteiger partial charge in [0, 0.05) is 17.2 Å². The first-order valence-corrected chi connectivity index (χ1v) is 6.82. The Labute approximate surface area is 103 Å². The summed E-state index contributed by atoms with van der Waals surface area (Å²) in [6.45, 7) is 3.44. The van der Waals surface area contributed by atoms with Crippen LogP contribution >= 0.6 is 11.8 Å². The number of nitrogens with zero attached hydrogens (tertiary/aromatic N) is 1. The molecular formula is C13H22N2S. The average Bonchev–Trinajstić information content (AvgIpc) is 2.31. The smallest absolute Gasteiger partial charge is 0.0108 e. The predicted molar refractivity (Wildman–Crippen MR) is 73.2 cm³/mol. The fourth-order valence-corrected chi connectivity index (χ4v) is 2.46. The number of hydrogen-bond donors (Lipinski definition) is 1. The lowest BCUT2D eigenvalue weighted by Crippen LogP contribution is -2.24. The normalized spacial score (nSPS) is 10.9. The molecule has 1 aromatic carbocycles. The van der Waals surface area contributed by atoms with Crippen LogP contribution in [0.4, 0.5) is 0 Å². The van der Waals surface area contributed by atoms with Gasteiger partial charge in [0.2, 0.25) is 0 Å². The van der Waals surface area contributed by atoms with Gasteiger partial charge in [-0.15, -0.1) is 11.8 Å². The fraction of sp³-hybridized carbons (Fsp3) is 0.538. The van der Waals surface area contributed by atoms with Crippen LogP contribution in [0.25, 0.3) is 0 Å². The highest BCUT2D eigenvalue weighted by molar-refractivity contribution is 7.99. The summed E-state index contributed by atoms with van der Waals surface area (Å²) in [7, 11) is 4.20. The molecule has 0 saturated heterocycles. The van der Waals surface area contributed by atoms with Crippen molar-refractivity contribution in [2.75, 3.05) is 39.5 Å². The zero-order chi connectivity index (χ0) is 11.6. The summed E-state index contributed by atoms with van der Waals surface area (Å²) in [5, 5.41) is 3.17. The fourth-order valence-electron chi connectivity index (χ4n) is 1.47. The molecule has 0 unspecified atom stereocenters. The second kappa shape index (κ2) is 8.62. The van der Waals surface area contributed by atoms with E-state index < -0.39 is 0 Å². The number of nitrogens with one attached hydrogen (secondary N) is 1. The predicted octanol–water partition coefficient (Wildman–Crippen LogP) is 2.32. The third-order valence-corrected chi connectivity index (χ3v) is 3.44. The molecule has 3 heteroatoms. The molecule has 0 aromatic heterocycles. The highest BCUT2D eigenvalue weighted by atomic mass is 32.2. The number of benzene rings is 1. The molecule has 1 aromatic rings. The van der Waals surface area contributed by atoms with Crippen molar-refractivity contribution in [1.29, 1.82) is 0 Å². The third-order valence-electron chi connectivity index (χ3n) is 2.45. The van der Waals surface area contributed by atoms with E-state index in [0.29, 0.717) is 0 Å². The summed E-state index contributed by atoms with van der Waals surface area (Å²) in [5.74, 6) is 1.17. The van der Waals surface area contributed by atoms with Gasteiger partial charge in [0.1, 0.15) is 0 Å². The van der Waals surface area contributed by atoms with E-state index in [1.165, 1.54) is 23.6 Å². The lowest BCUT2D eigenvalue weighted by Gasteiger charge is -2.15. The van der Waals surface area contributed by atoms with Crippen LogP contribution in [0.5, 0.6) is 0 Å². The largest absolute Gasteiger partial charge is 0.320 e. The van der Waals surface area contributed by atoms with E-state index in [1.807, 2.05) is 18.8 Å². The minimum Gasteiger partial charge on any atom is -0.320 e. The van der Waals surface area contributed by atoms with Gasteiger partial charge in [-0.3, -0.25) is 0 Å². The van der Waals surface area contributed by atoms with Crippen LogP contribution in [0.3, 0.4) is 0 Å². The SMILES string of the molecule is CNCCCN(C)CCSc1ccccc1. The van der Waals surface area contributed by atoms with Crippen LogP contribution in [-0.2, 0) is 0 Å². The van der Waals surface area contributed by atoms with Crippen LogP contribution in [0.15, 0.2) is 35.2 Å². The first-order valence-electron chi connectivity index (χ1n) is 5.84. The molecular weight excluding hydrogens is 216 g/mol. The number of hydrogen-bond acceptors (Lipinski definition) is 3. The summed E-state index contributed by atoms with van der Waals surface area (Å²) in [5.41, 5.74) is 0. The molecule has 0 radical (unpaired) electrons. The van der Waals surface area contributed by atoms with Crippen molar-refractivity contribution in [1.82, 2.24) is 10.2 Å². The van der Waals surface area contributed by atoms with E-state index >= 15 is 0 Å². The van der Waals surface area contributed by atoms with E-state index in [2.05, 4.69) is 47.6 Å². The molecule has 0 spiro atoms. The summed E-state index contributed by atoms with van der Waals surface area (Å²) in [6.07, 6.45) is 1.23. The van der Waals surface area contributed by atoms with Crippen molar-refractivity contribution < 1.29 is 0 Å². The molecule has 0 amide bonds. The number of rotatable bonds is 8. The Morgan fingerprint density at radius 3 is 2.62 bits per heavy atom. The van der Waals surface area contributed by atoms with Gasteiger partial charge in [-0.05, 0) is 45.7 Å². The van der Waals surface area contributed by atoms with Crippen LogP contribution < -0.4 is 5.32 Å². The first kappa shape index (κ1) is 13.6. The maximum absolute atomic E-state index is 3.17. The minimum absolute atomic E-state index is 1.11. The Morgan fingerprint density at radius 2 is 1.94 bits per heavy atom. The van der Waals surface area contributed by atoms with Gasteiger partial charge >= 0.3 is 0 Å². The third kappa shape index (κ3) is 6.16. The van der Waals surface area contributed by atoms with Crippen molar-refractivity contribution in [3.8, 4) is 0 Å². The second-order valence-electron chi connectivity index (χ2n) is 3.92. The van der Waals surface area contributed by atoms with Gasteiger partial charge in [0.15, 0.2) is 0 Å². The Kier molecular flexibility index (Phi) is 7.30. The zero-order valence-corrected chi connectivity index (χ0v) is 11.1. The average molecular weight is 238 g/mol. The van der Waals surface area contributed by atoms with E-state index in [9.17, 15) is 0 Å². The van der Waals surface area contributed by atoms with E-state index in [1.54, 1.807) is 0 Å². The quantitative estimate of drug-likeness (QED) is 0.553. The topological polar surface area (TPSA) is 15.3 Å². The molecule has 0 saturated carbocycles. The lowest BCUT2D eigenvalue weighted by atomic mass is 10.4. The Bertz CT molecular complexity index is 264. The van der Waals surface area contributed by atoms with Crippen molar-refractivity contribution in [3.05, 3.63) is 30.3 Å². The van der Waals surface area contributed by atoms with Gasteiger partial charge < -0.3 is 10.2 Å². The number of thioether (sulfide) groups is 1. The van der Waals surface area contributed by atoms with Crippen molar-refractivity contribution >= 4 is 11.8 Å². The molecule has 1 rings (SSSR count). The molecule has 16 heavy (non-hydrogen) atoms. The van der Waals surface area contributed by atoms with E-state index in [-0.39, 0.29) is 0 Å². The molecule has 2 nitrogen and oxygen atoms in total. The summed E-state index contributed by atoms with van der Waals surface area (Å²) in [4.78, 5) is 3.76. The van der Waals surface area contributed by atoms with Crippen LogP contribution in [-0.4, -0.2) is 44.4 Å². The molecule has 0 aliphatic carbocycles. The summed E-state index contributed by atoms with van der Waals surface area (Å²) < 4.78 is 0. The minimum atomic E-state index is 1.11. The van der Waals surface area contributed by atoms with Crippen LogP contribution in [0.1, 0.15) is 6.42 Å². The first-order chi connectivity index (χ1) is 7.83. The van der Waals surface area contributed by atoms with Gasteiger partial charge in [-0.2, -0.15) is 0 Å². The zero-order valence-electron chi connectivity index (χ0n) is 10.3. The van der Waals surface area contributed by atoms with Crippen molar-refractivity contribution in [3.63, 3.8) is 0 Å². The molecule has 0 heterocycles. The lowest BCUT2D eigenvalue weighted by molar-refractivity contribution is 0.349. The Morgan fingerprint density at radius 1 is 1.19 bits per heavy atom. The van der Waals surface area contributed by atoms with Gasteiger partial charge in [0.25, 0.3) is 0 Å². The standard InChI is InChI=1S/C13H22N2S/c1-14-9-6-10-15(2)11-12-16-13-7-4-3-5-8-13/h3-5,7-8,14H,6,9-12H2,1-2H3. The molecule has 0 aliphatic rings. The maximum Gasteiger partial charge on any atom is 0.0108 e. The second-order valence-corrected chi connectivity index (χ2v) is 5.09. The Balaban J connectivity index is 2.06. The van der Waals surface area contributed by atoms with Crippen LogP contribution in [0.2, 0.25) is 0 Å². The monoisotopic (exact) mass is 238 g/mol. The Hall–Kier alpha value is -0.510. The molecule has 1 N–H and O–H groups in total. The molecule has 90 valence electrons. The van der Waals surface area contributed by atoms with Gasteiger partial charge in [0.05, 0.1) is 0 Å². The van der Waals surface area contributed by atoms with Crippen molar-refractivity contribution in [2.45, 2.75) is 11.3 Å².